The van der Waals surface area contributed by atoms with Crippen LogP contribution in [0.4, 0.5) is 0 Å². The largest absolute Gasteiger partial charge is 0.342 e. The molecule has 2 heterocycles. The molecule has 2 aliphatic rings. The van der Waals surface area contributed by atoms with Gasteiger partial charge in [0.1, 0.15) is 0 Å². The van der Waals surface area contributed by atoms with Gasteiger partial charge in [-0.05, 0) is 63.1 Å². The average molecular weight is 386 g/mol. The predicted octanol–water partition coefficient (Wildman–Crippen LogP) is 4.51. The lowest BCUT2D eigenvalue weighted by atomic mass is 9.87. The number of carbonyl (C=O) groups excluding carboxylic acids is 1. The minimum absolute atomic E-state index is 0.291. The molecule has 0 radical (unpaired) electrons. The third-order valence-electron chi connectivity index (χ3n) is 6.45. The number of aromatic nitrogens is 1. The molecule has 1 atom stereocenters. The minimum Gasteiger partial charge on any atom is -0.342 e. The highest BCUT2D eigenvalue weighted by Gasteiger charge is 2.29. The maximum atomic E-state index is 12.8. The molecule has 0 unspecified atom stereocenters. The molecule has 0 spiro atoms. The number of carbonyl (C=O) groups is 1. The summed E-state index contributed by atoms with van der Waals surface area (Å²) in [6.45, 7) is 4.88. The summed E-state index contributed by atoms with van der Waals surface area (Å²) in [5.41, 5.74) is 1.11. The van der Waals surface area contributed by atoms with Crippen LogP contribution in [-0.2, 0) is 4.79 Å². The van der Waals surface area contributed by atoms with E-state index < -0.39 is 0 Å². The molecule has 1 aromatic heterocycles. The van der Waals surface area contributed by atoms with Crippen molar-refractivity contribution in [3.63, 3.8) is 0 Å². The van der Waals surface area contributed by atoms with Crippen LogP contribution < -0.4 is 0 Å². The van der Waals surface area contributed by atoms with Gasteiger partial charge in [-0.15, -0.1) is 11.3 Å². The van der Waals surface area contributed by atoms with E-state index in [-0.39, 0.29) is 0 Å². The molecule has 5 heteroatoms. The lowest BCUT2D eigenvalue weighted by Gasteiger charge is -2.36. The smallest absolute Gasteiger partial charge is 0.236 e. The fraction of sp³-hybridized carbons (Fsp3) is 0.636. The Morgan fingerprint density at radius 3 is 2.78 bits per heavy atom. The molecule has 1 saturated heterocycles. The molecule has 1 aliphatic heterocycles. The first-order chi connectivity index (χ1) is 13.1. The molecule has 0 N–H and O–H groups in total. The van der Waals surface area contributed by atoms with Crippen LogP contribution >= 0.6 is 11.3 Å². The second-order valence-electron chi connectivity index (χ2n) is 8.51. The first-order valence-corrected chi connectivity index (χ1v) is 11.3. The van der Waals surface area contributed by atoms with Gasteiger partial charge in [0.25, 0.3) is 0 Å². The molecule has 0 bridgehead atoms. The van der Waals surface area contributed by atoms with Gasteiger partial charge in [-0.3, -0.25) is 9.69 Å². The molecule has 27 heavy (non-hydrogen) atoms. The first-order valence-electron chi connectivity index (χ1n) is 10.4. The maximum absolute atomic E-state index is 12.8. The molecule has 1 amide bonds. The quantitative estimate of drug-likeness (QED) is 0.777. The van der Waals surface area contributed by atoms with Crippen LogP contribution in [0.2, 0.25) is 0 Å². The Morgan fingerprint density at radius 1 is 1.22 bits per heavy atom. The lowest BCUT2D eigenvalue weighted by molar-refractivity contribution is -0.134. The molecular weight excluding hydrogens is 354 g/mol. The molecule has 146 valence electrons. The Morgan fingerprint density at radius 2 is 2.00 bits per heavy atom. The normalized spacial score (nSPS) is 27.0. The summed E-state index contributed by atoms with van der Waals surface area (Å²) in [6.07, 6.45) is 7.17. The zero-order valence-electron chi connectivity index (χ0n) is 16.6. The summed E-state index contributed by atoms with van der Waals surface area (Å²) in [5.74, 6) is 1.57. The summed E-state index contributed by atoms with van der Waals surface area (Å²) < 4.78 is 1.27. The predicted molar refractivity (Wildman–Crippen MR) is 112 cm³/mol. The van der Waals surface area contributed by atoms with E-state index in [0.29, 0.717) is 24.4 Å². The number of fused-ring (bicyclic) bond motifs is 1. The Balaban J connectivity index is 1.36. The van der Waals surface area contributed by atoms with E-state index in [4.69, 9.17) is 4.98 Å². The molecule has 1 aromatic carbocycles. The summed E-state index contributed by atoms with van der Waals surface area (Å²) in [7, 11) is 2.01. The zero-order chi connectivity index (χ0) is 18.8. The van der Waals surface area contributed by atoms with Crippen molar-refractivity contribution in [2.24, 2.45) is 5.92 Å². The summed E-state index contributed by atoms with van der Waals surface area (Å²) >= 11 is 1.82. The molecular formula is C22H31N3OS. The van der Waals surface area contributed by atoms with Crippen LogP contribution in [0.3, 0.4) is 0 Å². The average Bonchev–Trinajstić information content (AvgIpc) is 3.12. The molecule has 1 aliphatic carbocycles. The Bertz CT molecular complexity index is 748. The number of nitrogens with zero attached hydrogens (tertiary/aromatic N) is 3. The van der Waals surface area contributed by atoms with Gasteiger partial charge in [0.15, 0.2) is 0 Å². The number of benzene rings is 1. The monoisotopic (exact) mass is 385 g/mol. The molecule has 2 fully saturated rings. The van der Waals surface area contributed by atoms with Crippen molar-refractivity contribution in [3.8, 4) is 0 Å². The number of thiazole rings is 1. The van der Waals surface area contributed by atoms with E-state index in [1.165, 1.54) is 29.0 Å². The van der Waals surface area contributed by atoms with Crippen molar-refractivity contribution < 1.29 is 4.79 Å². The second-order valence-corrected chi connectivity index (χ2v) is 9.57. The van der Waals surface area contributed by atoms with Crippen LogP contribution in [0.15, 0.2) is 24.3 Å². The van der Waals surface area contributed by atoms with Crippen molar-refractivity contribution in [2.45, 2.75) is 57.4 Å². The topological polar surface area (TPSA) is 36.4 Å². The van der Waals surface area contributed by atoms with Crippen LogP contribution in [0, 0.1) is 5.92 Å². The van der Waals surface area contributed by atoms with Gasteiger partial charge >= 0.3 is 0 Å². The van der Waals surface area contributed by atoms with Gasteiger partial charge in [-0.2, -0.15) is 0 Å². The van der Waals surface area contributed by atoms with Crippen LogP contribution in [-0.4, -0.2) is 53.4 Å². The van der Waals surface area contributed by atoms with E-state index in [2.05, 4.69) is 36.1 Å². The third kappa shape index (κ3) is 4.35. The fourth-order valence-electron chi connectivity index (χ4n) is 4.60. The van der Waals surface area contributed by atoms with E-state index in [9.17, 15) is 4.79 Å². The van der Waals surface area contributed by atoms with Crippen molar-refractivity contribution >= 4 is 27.5 Å². The summed E-state index contributed by atoms with van der Waals surface area (Å²) in [4.78, 5) is 22.1. The minimum atomic E-state index is 0.291. The number of hydrogen-bond acceptors (Lipinski definition) is 4. The molecule has 4 rings (SSSR count). The first kappa shape index (κ1) is 18.9. The highest BCUT2D eigenvalue weighted by atomic mass is 32.1. The van der Waals surface area contributed by atoms with Gasteiger partial charge in [0.05, 0.1) is 21.8 Å². The van der Waals surface area contributed by atoms with Crippen molar-refractivity contribution in [3.05, 3.63) is 29.3 Å². The van der Waals surface area contributed by atoms with Gasteiger partial charge in [0.2, 0.25) is 5.91 Å². The maximum Gasteiger partial charge on any atom is 0.236 e. The third-order valence-corrected chi connectivity index (χ3v) is 7.65. The van der Waals surface area contributed by atoms with Crippen molar-refractivity contribution in [1.29, 1.82) is 0 Å². The summed E-state index contributed by atoms with van der Waals surface area (Å²) in [5, 5.41) is 1.24. The SMILES string of the molecule is CC1CCC(N(C)C(=O)CN2CCC[C@@H](c3nc4ccccc4s3)C2)CC1. The van der Waals surface area contributed by atoms with E-state index >= 15 is 0 Å². The number of para-hydroxylation sites is 1. The Hall–Kier alpha value is -1.46. The van der Waals surface area contributed by atoms with E-state index in [0.717, 1.165) is 43.8 Å². The lowest BCUT2D eigenvalue weighted by Crippen LogP contribution is -2.46. The van der Waals surface area contributed by atoms with Gasteiger partial charge < -0.3 is 4.90 Å². The van der Waals surface area contributed by atoms with Crippen molar-refractivity contribution in [2.75, 3.05) is 26.7 Å². The number of piperidine rings is 1. The zero-order valence-corrected chi connectivity index (χ0v) is 17.4. The van der Waals surface area contributed by atoms with Gasteiger partial charge in [-0.25, -0.2) is 4.98 Å². The second kappa shape index (κ2) is 8.27. The molecule has 1 saturated carbocycles. The van der Waals surface area contributed by atoms with Crippen LogP contribution in [0.25, 0.3) is 10.2 Å². The highest BCUT2D eigenvalue weighted by Crippen LogP contribution is 2.33. The molecule has 4 nitrogen and oxygen atoms in total. The van der Waals surface area contributed by atoms with Crippen LogP contribution in [0.1, 0.15) is 56.4 Å². The van der Waals surface area contributed by atoms with Gasteiger partial charge in [-0.1, -0.05) is 19.1 Å². The number of likely N-dealkylation sites (N-methyl/N-ethyl adjacent to an activating group) is 1. The number of hydrogen-bond donors (Lipinski definition) is 0. The van der Waals surface area contributed by atoms with E-state index in [1.807, 2.05) is 23.3 Å². The van der Waals surface area contributed by atoms with Gasteiger partial charge in [0, 0.05) is 25.6 Å². The Kier molecular flexibility index (Phi) is 5.79. The number of likely N-dealkylation sites (tertiary alicyclic amines) is 1. The highest BCUT2D eigenvalue weighted by molar-refractivity contribution is 7.18. The number of rotatable bonds is 4. The standard InChI is InChI=1S/C22H31N3OS/c1-16-9-11-18(12-10-16)24(2)21(26)15-25-13-5-6-17(14-25)22-23-19-7-3-4-8-20(19)27-22/h3-4,7-8,16-18H,5-6,9-15H2,1-2H3/t16?,17-,18?/m1/s1. The molecule has 2 aromatic rings. The Labute approximate surface area is 166 Å². The summed E-state index contributed by atoms with van der Waals surface area (Å²) in [6, 6.07) is 8.83. The van der Waals surface area contributed by atoms with Crippen molar-refractivity contribution in [1.82, 2.24) is 14.8 Å². The van der Waals surface area contributed by atoms with Crippen LogP contribution in [0.5, 0.6) is 0 Å². The van der Waals surface area contributed by atoms with E-state index in [1.54, 1.807) is 0 Å². The number of amides is 1. The fourth-order valence-corrected chi connectivity index (χ4v) is 5.69.